The summed E-state index contributed by atoms with van der Waals surface area (Å²) < 4.78 is 49.2. The first-order valence-electron chi connectivity index (χ1n) is 8.48. The van der Waals surface area contributed by atoms with E-state index in [1.807, 2.05) is 0 Å². The lowest BCUT2D eigenvalue weighted by atomic mass is 10.2. The number of carbonyl (C=O) groups excluding carboxylic acids is 1. The molecule has 0 bridgehead atoms. The predicted octanol–water partition coefficient (Wildman–Crippen LogP) is 3.38. The van der Waals surface area contributed by atoms with Crippen LogP contribution in [0, 0.1) is 0 Å². The van der Waals surface area contributed by atoms with Gasteiger partial charge in [-0.2, -0.15) is 18.3 Å². The number of amides is 1. The average molecular weight is 392 g/mol. The maximum atomic E-state index is 12.8. The number of H-pyrrole nitrogens is 1. The monoisotopic (exact) mass is 392 g/mol. The Morgan fingerprint density at radius 2 is 2.18 bits per heavy atom. The molecule has 4 rings (SSSR count). The smallest absolute Gasteiger partial charge is 0.416 e. The van der Waals surface area contributed by atoms with Crippen LogP contribution in [0.4, 0.5) is 13.2 Å². The van der Waals surface area contributed by atoms with Crippen LogP contribution < -0.4 is 4.74 Å². The molecular weight excluding hydrogens is 377 g/mol. The number of aromatic nitrogens is 3. The molecule has 146 valence electrons. The number of carbonyl (C=O) groups is 1. The number of halogens is 3. The van der Waals surface area contributed by atoms with E-state index < -0.39 is 17.8 Å². The summed E-state index contributed by atoms with van der Waals surface area (Å²) in [6.07, 6.45) is -1.86. The molecule has 4 heterocycles. The molecule has 0 aromatic carbocycles. The minimum absolute atomic E-state index is 0.117. The van der Waals surface area contributed by atoms with E-state index in [9.17, 15) is 18.0 Å². The second kappa shape index (κ2) is 7.02. The van der Waals surface area contributed by atoms with Crippen molar-refractivity contribution in [1.82, 2.24) is 20.1 Å². The molecule has 3 aromatic heterocycles. The minimum Gasteiger partial charge on any atom is -0.472 e. The van der Waals surface area contributed by atoms with Gasteiger partial charge in [0, 0.05) is 31.3 Å². The number of nitrogens with one attached hydrogen (secondary N) is 1. The Morgan fingerprint density at radius 3 is 2.93 bits per heavy atom. The highest BCUT2D eigenvalue weighted by atomic mass is 19.4. The van der Waals surface area contributed by atoms with E-state index >= 15 is 0 Å². The number of rotatable bonds is 4. The van der Waals surface area contributed by atoms with Crippen molar-refractivity contribution in [2.24, 2.45) is 0 Å². The van der Waals surface area contributed by atoms with Gasteiger partial charge in [-0.3, -0.25) is 9.89 Å². The lowest BCUT2D eigenvalue weighted by molar-refractivity contribution is -0.137. The highest BCUT2D eigenvalue weighted by Gasteiger charge is 2.33. The van der Waals surface area contributed by atoms with Gasteiger partial charge in [-0.1, -0.05) is 0 Å². The zero-order valence-corrected chi connectivity index (χ0v) is 14.4. The van der Waals surface area contributed by atoms with Crippen LogP contribution in [0.1, 0.15) is 22.5 Å². The van der Waals surface area contributed by atoms with E-state index in [4.69, 9.17) is 9.15 Å². The lowest BCUT2D eigenvalue weighted by Crippen LogP contribution is -2.31. The summed E-state index contributed by atoms with van der Waals surface area (Å²) in [5.74, 6) is 0.149. The fourth-order valence-corrected chi connectivity index (χ4v) is 2.98. The molecule has 1 N–H and O–H groups in total. The van der Waals surface area contributed by atoms with Crippen LogP contribution >= 0.6 is 0 Å². The molecule has 0 saturated carbocycles. The molecule has 1 amide bonds. The van der Waals surface area contributed by atoms with Crippen LogP contribution in [0.15, 0.2) is 47.2 Å². The second-order valence-electron chi connectivity index (χ2n) is 6.30. The average Bonchev–Trinajstić information content (AvgIpc) is 3.41. The number of aromatic amines is 1. The van der Waals surface area contributed by atoms with Crippen LogP contribution in [0.3, 0.4) is 0 Å². The van der Waals surface area contributed by atoms with Gasteiger partial charge in [0.15, 0.2) is 11.5 Å². The van der Waals surface area contributed by atoms with Crippen molar-refractivity contribution in [3.05, 3.63) is 54.0 Å². The van der Waals surface area contributed by atoms with Crippen molar-refractivity contribution < 1.29 is 27.1 Å². The number of ether oxygens (including phenoxy) is 1. The Kier molecular flexibility index (Phi) is 4.54. The Bertz CT molecular complexity index is 969. The topological polar surface area (TPSA) is 84.2 Å². The molecule has 1 fully saturated rings. The van der Waals surface area contributed by atoms with Crippen molar-refractivity contribution in [1.29, 1.82) is 0 Å². The number of furan rings is 1. The number of hydrogen-bond donors (Lipinski definition) is 1. The highest BCUT2D eigenvalue weighted by molar-refractivity contribution is 5.93. The zero-order valence-electron chi connectivity index (χ0n) is 14.4. The van der Waals surface area contributed by atoms with Gasteiger partial charge in [0.05, 0.1) is 18.4 Å². The van der Waals surface area contributed by atoms with E-state index in [0.29, 0.717) is 24.4 Å². The minimum atomic E-state index is -4.47. The van der Waals surface area contributed by atoms with E-state index in [-0.39, 0.29) is 24.0 Å². The molecule has 0 spiro atoms. The van der Waals surface area contributed by atoms with Gasteiger partial charge in [-0.15, -0.1) is 0 Å². The normalized spacial score (nSPS) is 17.1. The van der Waals surface area contributed by atoms with E-state index in [2.05, 4.69) is 15.2 Å². The van der Waals surface area contributed by atoms with Gasteiger partial charge in [0.25, 0.3) is 5.91 Å². The zero-order chi connectivity index (χ0) is 19.7. The van der Waals surface area contributed by atoms with Gasteiger partial charge >= 0.3 is 6.18 Å². The van der Waals surface area contributed by atoms with Crippen LogP contribution in [-0.4, -0.2) is 45.2 Å². The molecule has 3 aromatic rings. The summed E-state index contributed by atoms with van der Waals surface area (Å²) in [5, 5.41) is 6.75. The SMILES string of the molecule is O=C(c1cc(-c2ccco2)[nH]n1)N1CCC(Oc2cc(C(F)(F)F)ccn2)C1. The van der Waals surface area contributed by atoms with E-state index in [1.54, 1.807) is 23.1 Å². The molecule has 1 unspecified atom stereocenters. The third kappa shape index (κ3) is 3.71. The number of alkyl halides is 3. The molecule has 28 heavy (non-hydrogen) atoms. The van der Waals surface area contributed by atoms with Gasteiger partial charge in [0.1, 0.15) is 11.8 Å². The molecule has 1 atom stereocenters. The Labute approximate surface area is 157 Å². The van der Waals surface area contributed by atoms with Gasteiger partial charge < -0.3 is 14.1 Å². The molecule has 10 heteroatoms. The largest absolute Gasteiger partial charge is 0.472 e. The second-order valence-corrected chi connectivity index (χ2v) is 6.30. The lowest BCUT2D eigenvalue weighted by Gasteiger charge is -2.16. The first kappa shape index (κ1) is 18.1. The van der Waals surface area contributed by atoms with Crippen molar-refractivity contribution in [2.45, 2.75) is 18.7 Å². The maximum Gasteiger partial charge on any atom is 0.416 e. The molecule has 1 aliphatic heterocycles. The summed E-state index contributed by atoms with van der Waals surface area (Å²) >= 11 is 0. The molecule has 1 aliphatic rings. The third-order valence-electron chi connectivity index (χ3n) is 4.37. The fraction of sp³-hybridized carbons (Fsp3) is 0.278. The fourth-order valence-electron chi connectivity index (χ4n) is 2.98. The highest BCUT2D eigenvalue weighted by Crippen LogP contribution is 2.31. The summed E-state index contributed by atoms with van der Waals surface area (Å²) in [6, 6.07) is 6.79. The number of nitrogens with zero attached hydrogens (tertiary/aromatic N) is 3. The Balaban J connectivity index is 1.40. The van der Waals surface area contributed by atoms with Crippen molar-refractivity contribution in [2.75, 3.05) is 13.1 Å². The quantitative estimate of drug-likeness (QED) is 0.736. The Hall–Kier alpha value is -3.30. The Morgan fingerprint density at radius 1 is 1.32 bits per heavy atom. The van der Waals surface area contributed by atoms with Crippen molar-refractivity contribution in [3.8, 4) is 17.3 Å². The van der Waals surface area contributed by atoms with Gasteiger partial charge in [0.2, 0.25) is 5.88 Å². The predicted molar refractivity (Wildman–Crippen MR) is 90.5 cm³/mol. The molecule has 0 radical (unpaired) electrons. The first-order chi connectivity index (χ1) is 13.4. The molecule has 0 aliphatic carbocycles. The van der Waals surface area contributed by atoms with Gasteiger partial charge in [-0.05, 0) is 18.2 Å². The molecule has 1 saturated heterocycles. The van der Waals surface area contributed by atoms with Crippen molar-refractivity contribution in [3.63, 3.8) is 0 Å². The third-order valence-corrected chi connectivity index (χ3v) is 4.37. The summed E-state index contributed by atoms with van der Waals surface area (Å²) in [4.78, 5) is 18.0. The van der Waals surface area contributed by atoms with Crippen molar-refractivity contribution >= 4 is 5.91 Å². The van der Waals surface area contributed by atoms with E-state index in [1.165, 1.54) is 6.26 Å². The van der Waals surface area contributed by atoms with E-state index in [0.717, 1.165) is 18.3 Å². The van der Waals surface area contributed by atoms with Crippen LogP contribution in [0.2, 0.25) is 0 Å². The standard InChI is InChI=1S/C18H15F3N4O3/c19-18(20,21)11-3-5-22-16(8-11)28-12-4-6-25(10-12)17(26)14-9-13(23-24-14)15-2-1-7-27-15/h1-3,5,7-9,12H,4,6,10H2,(H,23,24). The van der Waals surface area contributed by atoms with Crippen LogP contribution in [0.25, 0.3) is 11.5 Å². The summed E-state index contributed by atoms with van der Waals surface area (Å²) in [5.41, 5.74) is -0.0248. The molecular formula is C18H15F3N4O3. The number of likely N-dealkylation sites (tertiary alicyclic amines) is 1. The number of pyridine rings is 1. The maximum absolute atomic E-state index is 12.8. The molecule has 7 nitrogen and oxygen atoms in total. The van der Waals surface area contributed by atoms with Gasteiger partial charge in [-0.25, -0.2) is 4.98 Å². The first-order valence-corrected chi connectivity index (χ1v) is 8.48. The van der Waals surface area contributed by atoms with Crippen LogP contribution in [0.5, 0.6) is 5.88 Å². The summed E-state index contributed by atoms with van der Waals surface area (Å²) in [6.45, 7) is 0.644. The number of hydrogen-bond acceptors (Lipinski definition) is 5. The van der Waals surface area contributed by atoms with Crippen LogP contribution in [-0.2, 0) is 6.18 Å². The summed E-state index contributed by atoms with van der Waals surface area (Å²) in [7, 11) is 0.